The van der Waals surface area contributed by atoms with Crippen molar-refractivity contribution in [2.24, 2.45) is 0 Å². The fourth-order valence-electron chi connectivity index (χ4n) is 3.85. The van der Waals surface area contributed by atoms with Gasteiger partial charge in [-0.25, -0.2) is 9.59 Å². The molecule has 0 spiro atoms. The van der Waals surface area contributed by atoms with E-state index in [1.54, 1.807) is 36.4 Å². The summed E-state index contributed by atoms with van der Waals surface area (Å²) >= 11 is 0. The lowest BCUT2D eigenvalue weighted by Crippen LogP contribution is -2.09. The maximum Gasteiger partial charge on any atom is 0.339 e. The fraction of sp³-hybridized carbons (Fsp3) is 0.0714. The third-order valence-electron chi connectivity index (χ3n) is 5.35. The molecular formula is C28H22O5. The number of carboxylic acids is 2. The molecular weight excluding hydrogens is 416 g/mol. The van der Waals surface area contributed by atoms with E-state index in [0.29, 0.717) is 24.0 Å². The van der Waals surface area contributed by atoms with Crippen LogP contribution < -0.4 is 4.74 Å². The Morgan fingerprint density at radius 3 is 1.30 bits per heavy atom. The monoisotopic (exact) mass is 438 g/mol. The van der Waals surface area contributed by atoms with E-state index in [1.807, 2.05) is 60.7 Å². The van der Waals surface area contributed by atoms with E-state index >= 15 is 0 Å². The number of benzene rings is 4. The van der Waals surface area contributed by atoms with Crippen molar-refractivity contribution in [3.05, 3.63) is 130 Å². The van der Waals surface area contributed by atoms with Crippen LogP contribution in [0.5, 0.6) is 11.5 Å². The lowest BCUT2D eigenvalue weighted by molar-refractivity contribution is 0.0686. The maximum atomic E-state index is 12.2. The quantitative estimate of drug-likeness (QED) is 0.349. The lowest BCUT2D eigenvalue weighted by Gasteiger charge is -2.16. The molecule has 2 N–H and O–H groups in total. The van der Waals surface area contributed by atoms with Gasteiger partial charge in [0.05, 0.1) is 0 Å². The van der Waals surface area contributed by atoms with Crippen LogP contribution in [0.2, 0.25) is 0 Å². The molecule has 0 heterocycles. The predicted molar refractivity (Wildman–Crippen MR) is 125 cm³/mol. The molecule has 0 bridgehead atoms. The maximum absolute atomic E-state index is 12.2. The number of hydrogen-bond acceptors (Lipinski definition) is 3. The van der Waals surface area contributed by atoms with Gasteiger partial charge in [0, 0.05) is 0 Å². The van der Waals surface area contributed by atoms with Crippen LogP contribution in [0.15, 0.2) is 97.1 Å². The van der Waals surface area contributed by atoms with Crippen LogP contribution in [-0.4, -0.2) is 22.2 Å². The first-order valence-corrected chi connectivity index (χ1v) is 10.5. The van der Waals surface area contributed by atoms with Gasteiger partial charge in [0.2, 0.25) is 0 Å². The minimum atomic E-state index is -1.13. The second-order valence-corrected chi connectivity index (χ2v) is 7.62. The Hall–Kier alpha value is -4.38. The number of rotatable bonds is 8. The van der Waals surface area contributed by atoms with E-state index in [9.17, 15) is 19.8 Å². The van der Waals surface area contributed by atoms with Crippen LogP contribution in [0, 0.1) is 0 Å². The van der Waals surface area contributed by atoms with E-state index in [1.165, 1.54) is 0 Å². The van der Waals surface area contributed by atoms with Gasteiger partial charge in [0.15, 0.2) is 0 Å². The molecule has 4 aromatic carbocycles. The Kier molecular flexibility index (Phi) is 6.51. The number of ether oxygens (including phenoxy) is 1. The van der Waals surface area contributed by atoms with Crippen molar-refractivity contribution >= 4 is 11.9 Å². The first-order chi connectivity index (χ1) is 16.0. The summed E-state index contributed by atoms with van der Waals surface area (Å²) in [5, 5.41) is 19.9. The highest BCUT2D eigenvalue weighted by Gasteiger charge is 2.22. The molecule has 0 aliphatic carbocycles. The average molecular weight is 438 g/mol. The van der Waals surface area contributed by atoms with Crippen molar-refractivity contribution in [2.75, 3.05) is 0 Å². The van der Waals surface area contributed by atoms with Gasteiger partial charge in [-0.2, -0.15) is 0 Å². The van der Waals surface area contributed by atoms with E-state index < -0.39 is 11.9 Å². The summed E-state index contributed by atoms with van der Waals surface area (Å²) in [4.78, 5) is 24.3. The third kappa shape index (κ3) is 5.10. The molecule has 0 aromatic heterocycles. The molecule has 5 heteroatoms. The van der Waals surface area contributed by atoms with Crippen molar-refractivity contribution in [2.45, 2.75) is 12.8 Å². The highest BCUT2D eigenvalue weighted by molar-refractivity contribution is 5.94. The molecule has 164 valence electrons. The topological polar surface area (TPSA) is 83.8 Å². The van der Waals surface area contributed by atoms with Gasteiger partial charge in [0.25, 0.3) is 0 Å². The normalized spacial score (nSPS) is 10.5. The number of carboxylic acid groups (broad SMARTS) is 2. The van der Waals surface area contributed by atoms with Crippen molar-refractivity contribution in [3.8, 4) is 11.5 Å². The zero-order valence-corrected chi connectivity index (χ0v) is 17.8. The second kappa shape index (κ2) is 9.83. The number of aromatic carboxylic acids is 2. The summed E-state index contributed by atoms with van der Waals surface area (Å²) in [6.45, 7) is 0. The van der Waals surface area contributed by atoms with Crippen LogP contribution in [0.3, 0.4) is 0 Å². The Morgan fingerprint density at radius 2 is 0.939 bits per heavy atom. The van der Waals surface area contributed by atoms with Gasteiger partial charge >= 0.3 is 11.9 Å². The van der Waals surface area contributed by atoms with Crippen LogP contribution in [0.25, 0.3) is 0 Å². The number of carbonyl (C=O) groups is 2. The van der Waals surface area contributed by atoms with E-state index in [0.717, 1.165) is 11.1 Å². The molecule has 0 radical (unpaired) electrons. The van der Waals surface area contributed by atoms with Gasteiger partial charge in [-0.1, -0.05) is 84.9 Å². The smallest absolute Gasteiger partial charge is 0.339 e. The first kappa shape index (κ1) is 21.8. The van der Waals surface area contributed by atoms with E-state index in [-0.39, 0.29) is 22.6 Å². The summed E-state index contributed by atoms with van der Waals surface area (Å²) in [7, 11) is 0. The van der Waals surface area contributed by atoms with Gasteiger partial charge in [-0.3, -0.25) is 0 Å². The summed E-state index contributed by atoms with van der Waals surface area (Å²) < 4.78 is 5.96. The largest absolute Gasteiger partial charge is 0.478 e. The van der Waals surface area contributed by atoms with Crippen molar-refractivity contribution in [3.63, 3.8) is 0 Å². The van der Waals surface area contributed by atoms with Gasteiger partial charge in [-0.15, -0.1) is 0 Å². The van der Waals surface area contributed by atoms with Gasteiger partial charge in [-0.05, 0) is 47.2 Å². The van der Waals surface area contributed by atoms with Crippen LogP contribution in [0.1, 0.15) is 43.0 Å². The van der Waals surface area contributed by atoms with Crippen molar-refractivity contribution in [1.29, 1.82) is 0 Å². The first-order valence-electron chi connectivity index (χ1n) is 10.5. The minimum Gasteiger partial charge on any atom is -0.478 e. The Bertz CT molecular complexity index is 1180. The molecule has 33 heavy (non-hydrogen) atoms. The highest BCUT2D eigenvalue weighted by Crippen LogP contribution is 2.33. The van der Waals surface area contributed by atoms with Gasteiger partial charge in [0.1, 0.15) is 22.6 Å². The average Bonchev–Trinajstić information content (AvgIpc) is 2.80. The third-order valence-corrected chi connectivity index (χ3v) is 5.35. The van der Waals surface area contributed by atoms with Crippen LogP contribution in [0.4, 0.5) is 0 Å². The van der Waals surface area contributed by atoms with Crippen molar-refractivity contribution in [1.82, 2.24) is 0 Å². The molecule has 0 fully saturated rings. The molecule has 0 saturated heterocycles. The summed E-state index contributed by atoms with van der Waals surface area (Å²) in [5.41, 5.74) is 3.14. The van der Waals surface area contributed by atoms with E-state index in [2.05, 4.69) is 0 Å². The fourth-order valence-corrected chi connectivity index (χ4v) is 3.85. The Balaban J connectivity index is 1.73. The molecule has 0 aliphatic heterocycles. The molecule has 0 aliphatic rings. The second-order valence-electron chi connectivity index (χ2n) is 7.62. The summed E-state index contributed by atoms with van der Waals surface area (Å²) in [6.07, 6.45) is 0.832. The van der Waals surface area contributed by atoms with E-state index in [4.69, 9.17) is 4.74 Å². The lowest BCUT2D eigenvalue weighted by atomic mass is 9.98. The molecule has 0 saturated carbocycles. The number of hydrogen-bond donors (Lipinski definition) is 2. The molecule has 0 amide bonds. The minimum absolute atomic E-state index is 0.0196. The highest BCUT2D eigenvalue weighted by atomic mass is 16.5. The zero-order valence-electron chi connectivity index (χ0n) is 17.8. The predicted octanol–water partition coefficient (Wildman–Crippen LogP) is 6.06. The summed E-state index contributed by atoms with van der Waals surface area (Å²) in [5.74, 6) is -2.05. The Morgan fingerprint density at radius 1 is 0.545 bits per heavy atom. The molecule has 4 aromatic rings. The van der Waals surface area contributed by atoms with Crippen LogP contribution >= 0.6 is 0 Å². The SMILES string of the molecule is O=C(O)c1c(Cc2ccccc2)cccc1Oc1cccc(Cc2ccccc2)c1C(=O)O. The van der Waals surface area contributed by atoms with Crippen molar-refractivity contribution < 1.29 is 24.5 Å². The Labute approximate surface area is 191 Å². The standard InChI is InChI=1S/C28H22O5/c29-27(30)25-21(17-19-9-3-1-4-10-19)13-7-15-23(25)33-24-16-8-14-22(26(24)28(31)32)18-20-11-5-2-6-12-20/h1-16H,17-18H2,(H,29,30)(H,31,32). The van der Waals surface area contributed by atoms with Gasteiger partial charge < -0.3 is 14.9 Å². The molecule has 4 rings (SSSR count). The van der Waals surface area contributed by atoms with Crippen LogP contribution in [-0.2, 0) is 12.8 Å². The molecule has 0 atom stereocenters. The zero-order chi connectivity index (χ0) is 23.2. The molecule has 0 unspecified atom stereocenters. The summed E-state index contributed by atoms with van der Waals surface area (Å²) in [6, 6.07) is 29.1. The molecule has 5 nitrogen and oxygen atoms in total.